The highest BCUT2D eigenvalue weighted by Gasteiger charge is 2.31. The number of hydrogen-bond donors (Lipinski definition) is 0. The summed E-state index contributed by atoms with van der Waals surface area (Å²) in [6.45, 7) is 10.7. The summed E-state index contributed by atoms with van der Waals surface area (Å²) in [7, 11) is -2.79. The molecule has 0 atom stereocenters. The Morgan fingerprint density at radius 1 is 0.733 bits per heavy atom. The first-order valence-corrected chi connectivity index (χ1v) is 13.6. The molecule has 0 aliphatic carbocycles. The minimum Gasteiger partial charge on any atom is -0.297 e. The van der Waals surface area contributed by atoms with Crippen molar-refractivity contribution in [3.05, 3.63) is 83.4 Å². The quantitative estimate of drug-likeness (QED) is 0.366. The summed E-state index contributed by atoms with van der Waals surface area (Å²) < 4.78 is 16.7. The molecule has 0 aromatic heterocycles. The first kappa shape index (κ1) is 23.1. The minimum atomic E-state index is -2.79. The van der Waals surface area contributed by atoms with Gasteiger partial charge in [-0.3, -0.25) is 4.57 Å². The zero-order valence-electron chi connectivity index (χ0n) is 18.6. The Kier molecular flexibility index (Phi) is 8.22. The first-order valence-electron chi connectivity index (χ1n) is 11.0. The molecular weight excluding hydrogens is 405 g/mol. The Morgan fingerprint density at radius 2 is 1.13 bits per heavy atom. The number of thioether (sulfide) groups is 1. The number of benzene rings is 2. The summed E-state index contributed by atoms with van der Waals surface area (Å²) in [4.78, 5) is 2.19. The van der Waals surface area contributed by atoms with Gasteiger partial charge in [-0.25, -0.2) is 4.67 Å². The van der Waals surface area contributed by atoms with Gasteiger partial charge >= 0.3 is 0 Å². The van der Waals surface area contributed by atoms with Gasteiger partial charge in [0.2, 0.25) is 0 Å². The summed E-state index contributed by atoms with van der Waals surface area (Å²) in [6, 6.07) is 20.7. The fourth-order valence-corrected chi connectivity index (χ4v) is 7.72. The van der Waals surface area contributed by atoms with Gasteiger partial charge < -0.3 is 0 Å². The van der Waals surface area contributed by atoms with E-state index in [1.54, 1.807) is 11.8 Å². The molecule has 1 heterocycles. The molecule has 1 aliphatic heterocycles. The van der Waals surface area contributed by atoms with Crippen molar-refractivity contribution in [2.24, 2.45) is 11.8 Å². The molecule has 0 N–H and O–H groups in total. The summed E-state index contributed by atoms with van der Waals surface area (Å²) in [5.41, 5.74) is 2.27. The predicted molar refractivity (Wildman–Crippen MR) is 135 cm³/mol. The maximum Gasteiger partial charge on any atom is 0.195 e. The molecule has 2 aromatic rings. The molecule has 0 saturated carbocycles. The molecule has 2 aromatic carbocycles. The third-order valence-corrected chi connectivity index (χ3v) is 9.35. The van der Waals surface area contributed by atoms with Gasteiger partial charge in [-0.15, -0.1) is 0 Å². The van der Waals surface area contributed by atoms with Gasteiger partial charge in [0.25, 0.3) is 0 Å². The van der Waals surface area contributed by atoms with E-state index < -0.39 is 7.29 Å². The maximum absolute atomic E-state index is 14.5. The van der Waals surface area contributed by atoms with Crippen molar-refractivity contribution < 1.29 is 4.57 Å². The van der Waals surface area contributed by atoms with Crippen molar-refractivity contribution >= 4 is 28.9 Å². The predicted octanol–water partition coefficient (Wildman–Crippen LogP) is 8.40. The molecule has 0 saturated heterocycles. The Labute approximate surface area is 186 Å². The molecule has 1 aliphatic rings. The molecular formula is C26H34NOPS. The average molecular weight is 440 g/mol. The van der Waals surface area contributed by atoms with E-state index in [1.807, 2.05) is 12.1 Å². The molecule has 160 valence electrons. The van der Waals surface area contributed by atoms with E-state index >= 15 is 0 Å². The second-order valence-corrected chi connectivity index (χ2v) is 12.3. The third kappa shape index (κ3) is 6.23. The van der Waals surface area contributed by atoms with E-state index in [0.29, 0.717) is 11.8 Å². The second kappa shape index (κ2) is 10.7. The Balaban J connectivity index is 2.03. The van der Waals surface area contributed by atoms with Crippen molar-refractivity contribution in [1.82, 2.24) is 4.67 Å². The lowest BCUT2D eigenvalue weighted by molar-refractivity contribution is 0.362. The molecule has 0 unspecified atom stereocenters. The van der Waals surface area contributed by atoms with Crippen LogP contribution < -0.4 is 0 Å². The van der Waals surface area contributed by atoms with E-state index in [0.717, 1.165) is 46.9 Å². The normalized spacial score (nSPS) is 16.1. The summed E-state index contributed by atoms with van der Waals surface area (Å²) in [5.74, 6) is 5.29. The van der Waals surface area contributed by atoms with E-state index in [2.05, 4.69) is 92.5 Å². The molecule has 0 amide bonds. The van der Waals surface area contributed by atoms with Gasteiger partial charge in [0.05, 0.1) is 0 Å². The number of hydrogen-bond acceptors (Lipinski definition) is 2. The number of rotatable bonds is 9. The highest BCUT2D eigenvalue weighted by atomic mass is 32.2. The van der Waals surface area contributed by atoms with Crippen molar-refractivity contribution in [1.29, 1.82) is 0 Å². The van der Waals surface area contributed by atoms with Crippen LogP contribution in [0.4, 0.5) is 0 Å². The SMILES string of the molecule is CC(C)CCN(CCC(C)C)P1(=O)C=C(c2ccccc2)SC(c2ccccc2)=C1. The van der Waals surface area contributed by atoms with Crippen molar-refractivity contribution in [2.45, 2.75) is 40.5 Å². The smallest absolute Gasteiger partial charge is 0.195 e. The molecule has 3 rings (SSSR count). The molecule has 4 heteroatoms. The number of nitrogens with zero attached hydrogens (tertiary/aromatic N) is 1. The fourth-order valence-electron chi connectivity index (χ4n) is 3.42. The monoisotopic (exact) mass is 439 g/mol. The molecule has 30 heavy (non-hydrogen) atoms. The van der Waals surface area contributed by atoms with Crippen LogP contribution in [0.25, 0.3) is 9.81 Å². The van der Waals surface area contributed by atoms with Crippen LogP contribution in [0.3, 0.4) is 0 Å². The van der Waals surface area contributed by atoms with E-state index in [-0.39, 0.29) is 0 Å². The fraction of sp³-hybridized carbons (Fsp3) is 0.385. The topological polar surface area (TPSA) is 20.3 Å². The van der Waals surface area contributed by atoms with Crippen LogP contribution in [0.2, 0.25) is 0 Å². The minimum absolute atomic E-state index is 0.590. The molecule has 2 nitrogen and oxygen atoms in total. The lowest BCUT2D eigenvalue weighted by Gasteiger charge is -2.32. The summed E-state index contributed by atoms with van der Waals surface area (Å²) in [6.07, 6.45) is 2.11. The Morgan fingerprint density at radius 3 is 1.50 bits per heavy atom. The van der Waals surface area contributed by atoms with Crippen LogP contribution in [0, 0.1) is 11.8 Å². The average Bonchev–Trinajstić information content (AvgIpc) is 2.74. The van der Waals surface area contributed by atoms with Crippen LogP contribution in [0.15, 0.2) is 72.3 Å². The van der Waals surface area contributed by atoms with Crippen molar-refractivity contribution in [3.8, 4) is 0 Å². The van der Waals surface area contributed by atoms with Crippen molar-refractivity contribution in [2.75, 3.05) is 13.1 Å². The van der Waals surface area contributed by atoms with Gasteiger partial charge in [0, 0.05) is 34.5 Å². The highest BCUT2D eigenvalue weighted by molar-refractivity contribution is 8.17. The summed E-state index contributed by atoms with van der Waals surface area (Å²) in [5, 5.41) is 0. The Bertz CT molecular complexity index is 847. The van der Waals surface area contributed by atoms with E-state index in [9.17, 15) is 4.57 Å². The van der Waals surface area contributed by atoms with Crippen LogP contribution in [0.5, 0.6) is 0 Å². The zero-order chi connectivity index (χ0) is 21.6. The van der Waals surface area contributed by atoms with Gasteiger partial charge in [0.15, 0.2) is 7.29 Å². The van der Waals surface area contributed by atoms with Gasteiger partial charge in [0.1, 0.15) is 0 Å². The zero-order valence-corrected chi connectivity index (χ0v) is 20.3. The first-order chi connectivity index (χ1) is 14.4. The van der Waals surface area contributed by atoms with Crippen LogP contribution in [-0.2, 0) is 4.57 Å². The molecule has 0 fully saturated rings. The lowest BCUT2D eigenvalue weighted by Crippen LogP contribution is -2.24. The van der Waals surface area contributed by atoms with E-state index in [4.69, 9.17) is 0 Å². The second-order valence-electron chi connectivity index (χ2n) is 8.81. The van der Waals surface area contributed by atoms with Crippen LogP contribution in [-0.4, -0.2) is 17.8 Å². The Hall–Kier alpha value is -1.54. The maximum atomic E-state index is 14.5. The van der Waals surface area contributed by atoms with Crippen LogP contribution in [0.1, 0.15) is 51.7 Å². The van der Waals surface area contributed by atoms with Gasteiger partial charge in [-0.2, -0.15) is 0 Å². The third-order valence-electron chi connectivity index (χ3n) is 5.31. The standard InChI is InChI=1S/C26H34NOPS/c1-21(2)15-17-27(18-16-22(3)4)29(28)19-25(23-11-7-5-8-12-23)30-26(20-29)24-13-9-6-10-14-24/h5-14,19-22H,15-18H2,1-4H3. The lowest BCUT2D eigenvalue weighted by atomic mass is 10.1. The highest BCUT2D eigenvalue weighted by Crippen LogP contribution is 2.63. The van der Waals surface area contributed by atoms with Gasteiger partial charge in [-0.1, -0.05) is 100 Å². The molecule has 0 spiro atoms. The van der Waals surface area contributed by atoms with E-state index in [1.165, 1.54) is 0 Å². The van der Waals surface area contributed by atoms with Crippen LogP contribution >= 0.6 is 19.1 Å². The molecule has 0 bridgehead atoms. The molecule has 0 radical (unpaired) electrons. The van der Waals surface area contributed by atoms with Crippen molar-refractivity contribution in [3.63, 3.8) is 0 Å². The largest absolute Gasteiger partial charge is 0.297 e. The van der Waals surface area contributed by atoms with Gasteiger partial charge in [-0.05, 0) is 35.8 Å². The summed E-state index contributed by atoms with van der Waals surface area (Å²) >= 11 is 1.73.